The van der Waals surface area contributed by atoms with Crippen LogP contribution in [0.25, 0.3) is 6.08 Å². The Hall–Kier alpha value is -2.08. The fraction of sp³-hybridized carbons (Fsp3) is 0.353. The maximum Gasteiger partial charge on any atom is 0.250 e. The van der Waals surface area contributed by atoms with Gasteiger partial charge in [0, 0.05) is 18.1 Å². The molecule has 1 N–H and O–H groups in total. The van der Waals surface area contributed by atoms with E-state index in [4.69, 9.17) is 0 Å². The van der Waals surface area contributed by atoms with Crippen LogP contribution in [0.5, 0.6) is 0 Å². The Morgan fingerprint density at radius 2 is 2.09 bits per heavy atom. The van der Waals surface area contributed by atoms with E-state index in [-0.39, 0.29) is 11.7 Å². The molecule has 0 aliphatic heterocycles. The van der Waals surface area contributed by atoms with Gasteiger partial charge < -0.3 is 0 Å². The Morgan fingerprint density at radius 3 is 2.87 bits per heavy atom. The monoisotopic (exact) mass is 331 g/mol. The standard InChI is InChI=1S/C17H18FN3OS/c18-14-8-4-3-7-13(14)9-10-15(22)19-17-21-20-16(23-17)11-12-5-1-2-6-12/h3-4,7-10,12H,1-2,5-6,11H2,(H,19,21,22)/b10-9+. The van der Waals surface area contributed by atoms with Gasteiger partial charge >= 0.3 is 0 Å². The van der Waals surface area contributed by atoms with Gasteiger partial charge in [-0.25, -0.2) is 4.39 Å². The second kappa shape index (κ2) is 7.46. The molecule has 1 saturated carbocycles. The molecule has 4 nitrogen and oxygen atoms in total. The Kier molecular flexibility index (Phi) is 5.12. The molecule has 0 saturated heterocycles. The second-order valence-corrected chi connectivity index (χ2v) is 6.76. The summed E-state index contributed by atoms with van der Waals surface area (Å²) in [5, 5.41) is 12.3. The Labute approximate surface area is 138 Å². The van der Waals surface area contributed by atoms with Gasteiger partial charge in [0.25, 0.3) is 0 Å². The summed E-state index contributed by atoms with van der Waals surface area (Å²) in [5.41, 5.74) is 0.377. The van der Waals surface area contributed by atoms with Crippen molar-refractivity contribution < 1.29 is 9.18 Å². The maximum absolute atomic E-state index is 13.5. The molecule has 1 amide bonds. The van der Waals surface area contributed by atoms with Gasteiger partial charge in [-0.1, -0.05) is 55.2 Å². The number of anilines is 1. The van der Waals surface area contributed by atoms with Crippen molar-refractivity contribution in [2.45, 2.75) is 32.1 Å². The van der Waals surface area contributed by atoms with E-state index in [1.165, 1.54) is 55.2 Å². The first-order chi connectivity index (χ1) is 11.2. The largest absolute Gasteiger partial charge is 0.297 e. The van der Waals surface area contributed by atoms with E-state index in [0.29, 0.717) is 16.6 Å². The van der Waals surface area contributed by atoms with Gasteiger partial charge in [0.15, 0.2) is 0 Å². The third kappa shape index (κ3) is 4.45. The highest BCUT2D eigenvalue weighted by Crippen LogP contribution is 2.29. The first-order valence-corrected chi connectivity index (χ1v) is 8.58. The number of carbonyl (C=O) groups is 1. The molecule has 0 spiro atoms. The predicted molar refractivity (Wildman–Crippen MR) is 89.6 cm³/mol. The lowest BCUT2D eigenvalue weighted by molar-refractivity contribution is -0.111. The summed E-state index contributed by atoms with van der Waals surface area (Å²) in [5.74, 6) is 0.00980. The number of nitrogens with zero attached hydrogens (tertiary/aromatic N) is 2. The minimum Gasteiger partial charge on any atom is -0.297 e. The van der Waals surface area contributed by atoms with Crippen LogP contribution >= 0.6 is 11.3 Å². The van der Waals surface area contributed by atoms with Crippen LogP contribution in [0, 0.1) is 11.7 Å². The van der Waals surface area contributed by atoms with Gasteiger partial charge in [-0.2, -0.15) is 0 Å². The highest BCUT2D eigenvalue weighted by atomic mass is 32.1. The maximum atomic E-state index is 13.5. The summed E-state index contributed by atoms with van der Waals surface area (Å²) in [4.78, 5) is 11.9. The lowest BCUT2D eigenvalue weighted by Gasteiger charge is -2.03. The zero-order valence-electron chi connectivity index (χ0n) is 12.7. The third-order valence-electron chi connectivity index (χ3n) is 3.95. The number of nitrogens with one attached hydrogen (secondary N) is 1. The van der Waals surface area contributed by atoms with Gasteiger partial charge in [0.2, 0.25) is 11.0 Å². The number of amides is 1. The van der Waals surface area contributed by atoms with E-state index in [1.54, 1.807) is 18.2 Å². The highest BCUT2D eigenvalue weighted by Gasteiger charge is 2.17. The van der Waals surface area contributed by atoms with Gasteiger partial charge in [-0.15, -0.1) is 10.2 Å². The van der Waals surface area contributed by atoms with E-state index in [9.17, 15) is 9.18 Å². The average Bonchev–Trinajstić information content (AvgIpc) is 3.19. The van der Waals surface area contributed by atoms with Crippen LogP contribution in [0.2, 0.25) is 0 Å². The zero-order chi connectivity index (χ0) is 16.1. The third-order valence-corrected chi connectivity index (χ3v) is 4.82. The molecule has 0 atom stereocenters. The fourth-order valence-corrected chi connectivity index (χ4v) is 3.63. The molecular formula is C17H18FN3OS. The zero-order valence-corrected chi connectivity index (χ0v) is 13.5. The molecule has 1 aromatic carbocycles. The van der Waals surface area contributed by atoms with Crippen LogP contribution in [-0.4, -0.2) is 16.1 Å². The smallest absolute Gasteiger partial charge is 0.250 e. The van der Waals surface area contributed by atoms with Gasteiger partial charge in [-0.3, -0.25) is 10.1 Å². The summed E-state index contributed by atoms with van der Waals surface area (Å²) in [7, 11) is 0. The number of aromatic nitrogens is 2. The number of hydrogen-bond acceptors (Lipinski definition) is 4. The topological polar surface area (TPSA) is 54.9 Å². The summed E-state index contributed by atoms with van der Waals surface area (Å²) in [6.45, 7) is 0. The molecule has 3 rings (SSSR count). The van der Waals surface area contributed by atoms with E-state index in [2.05, 4.69) is 15.5 Å². The number of benzene rings is 1. The minimum atomic E-state index is -0.355. The average molecular weight is 331 g/mol. The highest BCUT2D eigenvalue weighted by molar-refractivity contribution is 7.15. The first kappa shape index (κ1) is 15.8. The summed E-state index contributed by atoms with van der Waals surface area (Å²) < 4.78 is 13.5. The van der Waals surface area contributed by atoms with Crippen molar-refractivity contribution in [1.82, 2.24) is 10.2 Å². The van der Waals surface area contributed by atoms with Crippen molar-refractivity contribution in [2.75, 3.05) is 5.32 Å². The Balaban J connectivity index is 1.55. The molecule has 1 heterocycles. The van der Waals surface area contributed by atoms with Gasteiger partial charge in [0.1, 0.15) is 10.8 Å². The number of halogens is 1. The molecule has 0 radical (unpaired) electrons. The minimum absolute atomic E-state index is 0.336. The molecule has 6 heteroatoms. The molecule has 120 valence electrons. The normalized spacial score (nSPS) is 15.3. The Morgan fingerprint density at radius 1 is 1.30 bits per heavy atom. The second-order valence-electron chi connectivity index (χ2n) is 5.70. The van der Waals surface area contributed by atoms with Crippen molar-refractivity contribution in [1.29, 1.82) is 0 Å². The van der Waals surface area contributed by atoms with Crippen molar-refractivity contribution in [3.05, 3.63) is 46.7 Å². The molecule has 23 heavy (non-hydrogen) atoms. The van der Waals surface area contributed by atoms with Crippen LogP contribution in [0.15, 0.2) is 30.3 Å². The van der Waals surface area contributed by atoms with Gasteiger partial charge in [-0.05, 0) is 18.1 Å². The summed E-state index contributed by atoms with van der Waals surface area (Å²) >= 11 is 1.41. The number of rotatable bonds is 5. The molecule has 1 aromatic heterocycles. The number of hydrogen-bond donors (Lipinski definition) is 1. The van der Waals surface area contributed by atoms with E-state index < -0.39 is 0 Å². The van der Waals surface area contributed by atoms with E-state index in [0.717, 1.165) is 11.4 Å². The van der Waals surface area contributed by atoms with Crippen molar-refractivity contribution in [3.63, 3.8) is 0 Å². The molecule has 1 aliphatic carbocycles. The van der Waals surface area contributed by atoms with Crippen LogP contribution < -0.4 is 5.32 Å². The first-order valence-electron chi connectivity index (χ1n) is 7.76. The molecule has 0 unspecified atom stereocenters. The van der Waals surface area contributed by atoms with Crippen molar-refractivity contribution in [3.8, 4) is 0 Å². The summed E-state index contributed by atoms with van der Waals surface area (Å²) in [6.07, 6.45) is 8.81. The van der Waals surface area contributed by atoms with Crippen LogP contribution in [-0.2, 0) is 11.2 Å². The molecule has 1 fully saturated rings. The van der Waals surface area contributed by atoms with E-state index >= 15 is 0 Å². The Bertz CT molecular complexity index is 707. The van der Waals surface area contributed by atoms with Crippen LogP contribution in [0.1, 0.15) is 36.3 Å². The van der Waals surface area contributed by atoms with Crippen molar-refractivity contribution in [2.24, 2.45) is 5.92 Å². The van der Waals surface area contributed by atoms with Crippen molar-refractivity contribution >= 4 is 28.5 Å². The fourth-order valence-electron chi connectivity index (χ4n) is 2.77. The number of carbonyl (C=O) groups excluding carboxylic acids is 1. The predicted octanol–water partition coefficient (Wildman–Crippen LogP) is 4.06. The lowest BCUT2D eigenvalue weighted by Crippen LogP contribution is -2.07. The molecule has 0 bridgehead atoms. The quantitative estimate of drug-likeness (QED) is 0.841. The SMILES string of the molecule is O=C(/C=C/c1ccccc1F)Nc1nnc(CC2CCCC2)s1. The molecular weight excluding hydrogens is 313 g/mol. The molecule has 2 aromatic rings. The summed E-state index contributed by atoms with van der Waals surface area (Å²) in [6, 6.07) is 6.31. The van der Waals surface area contributed by atoms with Crippen LogP contribution in [0.4, 0.5) is 9.52 Å². The van der Waals surface area contributed by atoms with Gasteiger partial charge in [0.05, 0.1) is 0 Å². The van der Waals surface area contributed by atoms with Crippen LogP contribution in [0.3, 0.4) is 0 Å². The molecule has 1 aliphatic rings. The van der Waals surface area contributed by atoms with E-state index in [1.807, 2.05) is 0 Å². The lowest BCUT2D eigenvalue weighted by atomic mass is 10.1.